The van der Waals surface area contributed by atoms with Crippen LogP contribution in [0.15, 0.2) is 11.4 Å². The Morgan fingerprint density at radius 1 is 1.59 bits per heavy atom. The van der Waals surface area contributed by atoms with Gasteiger partial charge in [-0.05, 0) is 30.3 Å². The fraction of sp³-hybridized carbons (Fsp3) is 0.583. The lowest BCUT2D eigenvalue weighted by Gasteiger charge is -2.11. The van der Waals surface area contributed by atoms with Crippen molar-refractivity contribution in [2.75, 3.05) is 18.5 Å². The molecule has 1 atom stereocenters. The van der Waals surface area contributed by atoms with E-state index >= 15 is 0 Å². The highest BCUT2D eigenvalue weighted by Gasteiger charge is 2.06. The van der Waals surface area contributed by atoms with Crippen molar-refractivity contribution >= 4 is 22.9 Å². The van der Waals surface area contributed by atoms with Crippen molar-refractivity contribution in [2.45, 2.75) is 26.8 Å². The Bertz CT molecular complexity index is 352. The summed E-state index contributed by atoms with van der Waals surface area (Å²) in [6, 6.07) is 1.92. The number of hydrogen-bond donors (Lipinski definition) is 3. The largest absolute Gasteiger partial charge is 0.396 e. The second-order valence-corrected chi connectivity index (χ2v) is 5.19. The molecule has 1 rings (SSSR count). The van der Waals surface area contributed by atoms with Crippen LogP contribution in [-0.4, -0.2) is 24.2 Å². The number of amides is 1. The minimum Gasteiger partial charge on any atom is -0.396 e. The van der Waals surface area contributed by atoms with E-state index in [4.69, 9.17) is 5.11 Å². The van der Waals surface area contributed by atoms with Crippen molar-refractivity contribution in [3.8, 4) is 0 Å². The SMILES string of the molecule is CC(=O)Nc1ccsc1CNCC(C)CCO. The third-order valence-electron chi connectivity index (χ3n) is 2.46. The van der Waals surface area contributed by atoms with Crippen molar-refractivity contribution in [2.24, 2.45) is 5.92 Å². The minimum absolute atomic E-state index is 0.0432. The maximum Gasteiger partial charge on any atom is 0.221 e. The van der Waals surface area contributed by atoms with Crippen LogP contribution in [0.5, 0.6) is 0 Å². The van der Waals surface area contributed by atoms with Crippen LogP contribution >= 0.6 is 11.3 Å². The van der Waals surface area contributed by atoms with Crippen LogP contribution in [-0.2, 0) is 11.3 Å². The van der Waals surface area contributed by atoms with E-state index < -0.39 is 0 Å². The summed E-state index contributed by atoms with van der Waals surface area (Å²) >= 11 is 1.63. The van der Waals surface area contributed by atoms with E-state index in [1.165, 1.54) is 6.92 Å². The van der Waals surface area contributed by atoms with Crippen LogP contribution in [0.2, 0.25) is 0 Å². The molecule has 96 valence electrons. The normalized spacial score (nSPS) is 12.4. The van der Waals surface area contributed by atoms with Gasteiger partial charge in [0.1, 0.15) is 0 Å². The molecular weight excluding hydrogens is 236 g/mol. The van der Waals surface area contributed by atoms with E-state index in [2.05, 4.69) is 17.6 Å². The summed E-state index contributed by atoms with van der Waals surface area (Å²) in [5.41, 5.74) is 0.893. The predicted molar refractivity (Wildman–Crippen MR) is 71.2 cm³/mol. The van der Waals surface area contributed by atoms with Gasteiger partial charge in [-0.25, -0.2) is 0 Å². The highest BCUT2D eigenvalue weighted by molar-refractivity contribution is 7.10. The number of aliphatic hydroxyl groups is 1. The molecule has 0 fully saturated rings. The van der Waals surface area contributed by atoms with Gasteiger partial charge in [0, 0.05) is 25.0 Å². The molecule has 0 aromatic carbocycles. The number of rotatable bonds is 7. The summed E-state index contributed by atoms with van der Waals surface area (Å²) in [5, 5.41) is 16.9. The molecule has 0 bridgehead atoms. The molecule has 1 amide bonds. The molecule has 17 heavy (non-hydrogen) atoms. The third kappa shape index (κ3) is 5.30. The monoisotopic (exact) mass is 256 g/mol. The summed E-state index contributed by atoms with van der Waals surface area (Å²) in [4.78, 5) is 12.1. The molecule has 1 unspecified atom stereocenters. The first-order valence-corrected chi connectivity index (χ1v) is 6.67. The van der Waals surface area contributed by atoms with Crippen LogP contribution in [0, 0.1) is 5.92 Å². The van der Waals surface area contributed by atoms with E-state index in [-0.39, 0.29) is 12.5 Å². The summed E-state index contributed by atoms with van der Waals surface area (Å²) in [7, 11) is 0. The topological polar surface area (TPSA) is 61.4 Å². The van der Waals surface area contributed by atoms with Crippen LogP contribution in [0.4, 0.5) is 5.69 Å². The molecule has 5 heteroatoms. The number of carbonyl (C=O) groups is 1. The van der Waals surface area contributed by atoms with Crippen LogP contribution in [0.25, 0.3) is 0 Å². The zero-order chi connectivity index (χ0) is 12.7. The van der Waals surface area contributed by atoms with Gasteiger partial charge in [-0.1, -0.05) is 6.92 Å². The summed E-state index contributed by atoms with van der Waals surface area (Å²) in [6.07, 6.45) is 0.815. The maximum atomic E-state index is 11.0. The van der Waals surface area contributed by atoms with Crippen LogP contribution in [0.3, 0.4) is 0 Å². The number of aliphatic hydroxyl groups excluding tert-OH is 1. The minimum atomic E-state index is -0.0432. The van der Waals surface area contributed by atoms with Gasteiger partial charge in [0.05, 0.1) is 5.69 Å². The van der Waals surface area contributed by atoms with E-state index in [0.717, 1.165) is 30.1 Å². The molecule has 3 N–H and O–H groups in total. The Morgan fingerprint density at radius 2 is 2.35 bits per heavy atom. The molecule has 4 nitrogen and oxygen atoms in total. The molecule has 1 aromatic rings. The Morgan fingerprint density at radius 3 is 3.00 bits per heavy atom. The lowest BCUT2D eigenvalue weighted by Crippen LogP contribution is -2.21. The van der Waals surface area contributed by atoms with E-state index in [0.29, 0.717) is 5.92 Å². The van der Waals surface area contributed by atoms with E-state index in [9.17, 15) is 4.79 Å². The average molecular weight is 256 g/mol. The van der Waals surface area contributed by atoms with Crippen molar-refractivity contribution in [1.82, 2.24) is 5.32 Å². The van der Waals surface area contributed by atoms with Crippen molar-refractivity contribution in [3.63, 3.8) is 0 Å². The van der Waals surface area contributed by atoms with Crippen molar-refractivity contribution in [1.29, 1.82) is 0 Å². The predicted octanol–water partition coefficient (Wildman–Crippen LogP) is 1.81. The number of thiophene rings is 1. The first-order valence-electron chi connectivity index (χ1n) is 5.79. The van der Waals surface area contributed by atoms with Crippen molar-refractivity contribution in [3.05, 3.63) is 16.3 Å². The third-order valence-corrected chi connectivity index (χ3v) is 3.38. The zero-order valence-corrected chi connectivity index (χ0v) is 11.1. The standard InChI is InChI=1S/C12H20N2O2S/c1-9(3-5-15)7-13-8-12-11(4-6-17-12)14-10(2)16/h4,6,9,13,15H,3,5,7-8H2,1-2H3,(H,14,16). The van der Waals surface area contributed by atoms with Gasteiger partial charge >= 0.3 is 0 Å². The number of nitrogens with one attached hydrogen (secondary N) is 2. The first-order chi connectivity index (χ1) is 8.13. The van der Waals surface area contributed by atoms with Crippen LogP contribution < -0.4 is 10.6 Å². The second kappa shape index (κ2) is 7.42. The summed E-state index contributed by atoms with van der Waals surface area (Å²) in [6.45, 7) is 5.48. The van der Waals surface area contributed by atoms with Crippen LogP contribution in [0.1, 0.15) is 25.1 Å². The molecule has 1 heterocycles. The maximum absolute atomic E-state index is 11.0. The molecule has 0 saturated heterocycles. The lowest BCUT2D eigenvalue weighted by atomic mass is 10.1. The highest BCUT2D eigenvalue weighted by atomic mass is 32.1. The Labute approximate surface area is 106 Å². The van der Waals surface area contributed by atoms with Crippen molar-refractivity contribution < 1.29 is 9.90 Å². The molecule has 0 aliphatic heterocycles. The smallest absolute Gasteiger partial charge is 0.221 e. The Kier molecular flexibility index (Phi) is 6.18. The fourth-order valence-electron chi connectivity index (χ4n) is 1.53. The second-order valence-electron chi connectivity index (χ2n) is 4.19. The zero-order valence-electron chi connectivity index (χ0n) is 10.3. The van der Waals surface area contributed by atoms with Gasteiger partial charge in [-0.2, -0.15) is 0 Å². The van der Waals surface area contributed by atoms with Gasteiger partial charge < -0.3 is 15.7 Å². The average Bonchev–Trinajstić information content (AvgIpc) is 2.65. The first kappa shape index (κ1) is 14.2. The molecule has 0 aliphatic rings. The Hall–Kier alpha value is -0.910. The fourth-order valence-corrected chi connectivity index (χ4v) is 2.33. The number of carbonyl (C=O) groups excluding carboxylic acids is 1. The molecule has 0 radical (unpaired) electrons. The number of anilines is 1. The molecule has 0 aliphatic carbocycles. The summed E-state index contributed by atoms with van der Waals surface area (Å²) < 4.78 is 0. The van der Waals surface area contributed by atoms with Gasteiger partial charge in [-0.15, -0.1) is 11.3 Å². The molecule has 1 aromatic heterocycles. The highest BCUT2D eigenvalue weighted by Crippen LogP contribution is 2.21. The quantitative estimate of drug-likeness (QED) is 0.697. The van der Waals surface area contributed by atoms with Gasteiger partial charge in [0.15, 0.2) is 0 Å². The summed E-state index contributed by atoms with van der Waals surface area (Å²) in [5.74, 6) is 0.419. The van der Waals surface area contributed by atoms with E-state index in [1.54, 1.807) is 11.3 Å². The molecular formula is C12H20N2O2S. The van der Waals surface area contributed by atoms with Gasteiger partial charge in [-0.3, -0.25) is 4.79 Å². The van der Waals surface area contributed by atoms with Gasteiger partial charge in [0.2, 0.25) is 5.91 Å². The Balaban J connectivity index is 2.36. The lowest BCUT2D eigenvalue weighted by molar-refractivity contribution is -0.114. The van der Waals surface area contributed by atoms with Gasteiger partial charge in [0.25, 0.3) is 0 Å². The molecule has 0 saturated carbocycles. The molecule has 0 spiro atoms. The van der Waals surface area contributed by atoms with E-state index in [1.807, 2.05) is 11.4 Å². The number of hydrogen-bond acceptors (Lipinski definition) is 4.